The molecule has 4 aliphatic heterocycles. The molecule has 0 saturated carbocycles. The average molecular weight is 438 g/mol. The number of nitrogens with one attached hydrogen (secondary N) is 1. The molecule has 0 aliphatic carbocycles. The first-order chi connectivity index (χ1) is 15.5. The van der Waals surface area contributed by atoms with Crippen LogP contribution in [0.3, 0.4) is 0 Å². The molecule has 4 heterocycles. The fraction of sp³-hybridized carbons (Fsp3) is 0.522. The van der Waals surface area contributed by atoms with Crippen LogP contribution in [0, 0.1) is 0 Å². The van der Waals surface area contributed by atoms with Crippen LogP contribution >= 0.6 is 0 Å². The van der Waals surface area contributed by atoms with Gasteiger partial charge in [0.05, 0.1) is 0 Å². The lowest BCUT2D eigenvalue weighted by Gasteiger charge is -2.35. The van der Waals surface area contributed by atoms with E-state index >= 15 is 0 Å². The van der Waals surface area contributed by atoms with Gasteiger partial charge in [-0.2, -0.15) is 0 Å². The average Bonchev–Trinajstić information content (AvgIpc) is 3.31. The number of carbonyl (C=O) groups excluding carboxylic acids is 2. The number of amides is 3. The van der Waals surface area contributed by atoms with Crippen LogP contribution in [-0.4, -0.2) is 107 Å². The highest BCUT2D eigenvalue weighted by atomic mass is 16.2. The Hall–Kier alpha value is -2.91. The zero-order valence-electron chi connectivity index (χ0n) is 18.8. The molecule has 4 aliphatic rings. The van der Waals surface area contributed by atoms with Gasteiger partial charge in [-0.05, 0) is 18.9 Å². The minimum atomic E-state index is -0.485. The van der Waals surface area contributed by atoms with E-state index in [0.29, 0.717) is 0 Å². The number of benzene rings is 1. The van der Waals surface area contributed by atoms with Crippen LogP contribution in [0.2, 0.25) is 0 Å². The molecule has 170 valence electrons. The van der Waals surface area contributed by atoms with Crippen LogP contribution in [0.15, 0.2) is 47.2 Å². The number of allylic oxidation sites excluding steroid dienone is 1. The molecule has 2 unspecified atom stereocenters. The molecule has 2 saturated heterocycles. The van der Waals surface area contributed by atoms with Crippen molar-refractivity contribution in [1.82, 2.24) is 29.8 Å². The van der Waals surface area contributed by atoms with Crippen LogP contribution in [0.25, 0.3) is 0 Å². The van der Waals surface area contributed by atoms with Crippen LogP contribution < -0.4 is 5.32 Å². The Morgan fingerprint density at radius 2 is 1.69 bits per heavy atom. The third kappa shape index (κ3) is 3.86. The molecule has 0 radical (unpaired) electrons. The largest absolute Gasteiger partial charge is 0.325 e. The van der Waals surface area contributed by atoms with Crippen LogP contribution in [-0.2, 0) is 11.2 Å². The third-order valence-corrected chi connectivity index (χ3v) is 6.93. The molecule has 9 nitrogen and oxygen atoms in total. The van der Waals surface area contributed by atoms with Crippen LogP contribution in [0.5, 0.6) is 0 Å². The normalized spacial score (nSPS) is 26.1. The molecule has 9 heteroatoms. The number of piperazine rings is 1. The zero-order valence-corrected chi connectivity index (χ0v) is 18.8. The predicted molar refractivity (Wildman–Crippen MR) is 122 cm³/mol. The number of urea groups is 1. The van der Waals surface area contributed by atoms with Crippen molar-refractivity contribution in [3.63, 3.8) is 0 Å². The third-order valence-electron chi connectivity index (χ3n) is 6.93. The molecule has 0 spiro atoms. The minimum Gasteiger partial charge on any atom is -0.313 e. The van der Waals surface area contributed by atoms with Gasteiger partial charge in [0.15, 0.2) is 12.2 Å². The molecule has 0 aromatic heterocycles. The first kappa shape index (κ1) is 21.0. The topological polar surface area (TPSA) is 74.7 Å². The summed E-state index contributed by atoms with van der Waals surface area (Å²) in [6.07, 6.45) is 2.61. The van der Waals surface area contributed by atoms with Gasteiger partial charge in [0.25, 0.3) is 5.91 Å². The maximum absolute atomic E-state index is 12.4. The maximum atomic E-state index is 12.4. The number of hydrogen-bond acceptors (Lipinski definition) is 7. The lowest BCUT2D eigenvalue weighted by molar-refractivity contribution is -0.126. The summed E-state index contributed by atoms with van der Waals surface area (Å²) in [6.45, 7) is 9.22. The second-order valence-corrected chi connectivity index (χ2v) is 8.94. The van der Waals surface area contributed by atoms with Crippen molar-refractivity contribution in [1.29, 1.82) is 0 Å². The number of likely N-dealkylation sites (N-methyl/N-ethyl adjacent to an activating group) is 1. The zero-order chi connectivity index (χ0) is 22.2. The van der Waals surface area contributed by atoms with Crippen LogP contribution in [0.4, 0.5) is 4.79 Å². The van der Waals surface area contributed by atoms with E-state index in [1.165, 1.54) is 10.5 Å². The summed E-state index contributed by atoms with van der Waals surface area (Å²) in [5.41, 5.74) is 2.48. The van der Waals surface area contributed by atoms with Crippen molar-refractivity contribution in [3.05, 3.63) is 47.8 Å². The minimum absolute atomic E-state index is 0.283. The van der Waals surface area contributed by atoms with Gasteiger partial charge in [0.1, 0.15) is 0 Å². The van der Waals surface area contributed by atoms with E-state index in [1.54, 1.807) is 7.05 Å². The van der Waals surface area contributed by atoms with E-state index in [0.717, 1.165) is 63.9 Å². The quantitative estimate of drug-likeness (QED) is 0.702. The number of carbonyl (C=O) groups is 2. The monoisotopic (exact) mass is 437 g/mol. The van der Waals surface area contributed by atoms with Gasteiger partial charge >= 0.3 is 6.03 Å². The van der Waals surface area contributed by atoms with Crippen molar-refractivity contribution >= 4 is 17.9 Å². The number of hydrogen-bond donors (Lipinski definition) is 1. The SMILES string of the molecule is CC1=CN2C(=NC3C2C(=O)NC(=O)N3C)N1CCN1CCN(CCc2ccccc2)CC1. The first-order valence-corrected chi connectivity index (χ1v) is 11.4. The van der Waals surface area contributed by atoms with Gasteiger partial charge in [-0.3, -0.25) is 15.0 Å². The maximum Gasteiger partial charge on any atom is 0.325 e. The highest BCUT2D eigenvalue weighted by Crippen LogP contribution is 2.31. The van der Waals surface area contributed by atoms with E-state index in [2.05, 4.69) is 50.3 Å². The van der Waals surface area contributed by atoms with Gasteiger partial charge < -0.3 is 19.6 Å². The molecular weight excluding hydrogens is 406 g/mol. The Labute approximate surface area is 188 Å². The fourth-order valence-corrected chi connectivity index (χ4v) is 4.93. The number of rotatable bonds is 6. The molecule has 1 N–H and O–H groups in total. The second kappa shape index (κ2) is 8.55. The van der Waals surface area contributed by atoms with Gasteiger partial charge in [-0.25, -0.2) is 9.79 Å². The molecular formula is C23H31N7O2. The summed E-state index contributed by atoms with van der Waals surface area (Å²) >= 11 is 0. The summed E-state index contributed by atoms with van der Waals surface area (Å²) in [4.78, 5) is 39.8. The van der Waals surface area contributed by atoms with E-state index < -0.39 is 12.2 Å². The van der Waals surface area contributed by atoms with Crippen molar-refractivity contribution in [2.24, 2.45) is 4.99 Å². The first-order valence-electron chi connectivity index (χ1n) is 11.4. The number of nitrogens with zero attached hydrogens (tertiary/aromatic N) is 6. The number of imide groups is 1. The summed E-state index contributed by atoms with van der Waals surface area (Å²) < 4.78 is 0. The molecule has 2 fully saturated rings. The van der Waals surface area contributed by atoms with E-state index in [-0.39, 0.29) is 11.9 Å². The van der Waals surface area contributed by atoms with Crippen molar-refractivity contribution in [3.8, 4) is 0 Å². The smallest absolute Gasteiger partial charge is 0.313 e. The summed E-state index contributed by atoms with van der Waals surface area (Å²) in [6, 6.07) is 9.80. The summed E-state index contributed by atoms with van der Waals surface area (Å²) in [7, 11) is 1.68. The molecule has 3 amide bonds. The number of guanidine groups is 1. The highest BCUT2D eigenvalue weighted by Gasteiger charge is 2.51. The second-order valence-electron chi connectivity index (χ2n) is 8.94. The van der Waals surface area contributed by atoms with Crippen molar-refractivity contribution < 1.29 is 9.59 Å². The molecule has 0 bridgehead atoms. The lowest BCUT2D eigenvalue weighted by Crippen LogP contribution is -2.62. The number of fused-ring (bicyclic) bond motifs is 3. The Kier molecular flexibility index (Phi) is 5.60. The van der Waals surface area contributed by atoms with Gasteiger partial charge in [-0.15, -0.1) is 0 Å². The molecule has 32 heavy (non-hydrogen) atoms. The molecule has 5 rings (SSSR count). The Morgan fingerprint density at radius 1 is 1.00 bits per heavy atom. The van der Waals surface area contributed by atoms with Gasteiger partial charge in [-0.1, -0.05) is 30.3 Å². The Balaban J connectivity index is 1.13. The van der Waals surface area contributed by atoms with Crippen LogP contribution in [0.1, 0.15) is 12.5 Å². The highest BCUT2D eigenvalue weighted by molar-refractivity contribution is 6.04. The fourth-order valence-electron chi connectivity index (χ4n) is 4.93. The van der Waals surface area contributed by atoms with Crippen molar-refractivity contribution in [2.45, 2.75) is 25.6 Å². The van der Waals surface area contributed by atoms with Gasteiger partial charge in [0, 0.05) is 64.8 Å². The summed E-state index contributed by atoms with van der Waals surface area (Å²) in [5.74, 6) is 0.491. The van der Waals surface area contributed by atoms with E-state index in [9.17, 15) is 9.59 Å². The predicted octanol–water partition coefficient (Wildman–Crippen LogP) is 0.572. The van der Waals surface area contributed by atoms with E-state index in [1.807, 2.05) is 18.0 Å². The van der Waals surface area contributed by atoms with E-state index in [4.69, 9.17) is 4.99 Å². The Morgan fingerprint density at radius 3 is 2.41 bits per heavy atom. The molecule has 1 aromatic carbocycles. The number of aliphatic imine (C=N–C) groups is 1. The van der Waals surface area contributed by atoms with Crippen molar-refractivity contribution in [2.75, 3.05) is 52.9 Å². The Bertz CT molecular complexity index is 939. The summed E-state index contributed by atoms with van der Waals surface area (Å²) in [5, 5.41) is 2.42. The lowest BCUT2D eigenvalue weighted by atomic mass is 10.1. The molecule has 1 aromatic rings. The van der Waals surface area contributed by atoms with Gasteiger partial charge in [0.2, 0.25) is 5.96 Å². The molecule has 2 atom stereocenters. The standard InChI is InChI=1S/C23H31N7O2/c1-17-16-30-19-20(26(2)23(32)25-21(19)31)24-22(30)29(17)15-14-28-12-10-27(11-13-28)9-8-18-6-4-3-5-7-18/h3-7,16,19-20H,8-15H2,1-2H3,(H,25,31,32).